The van der Waals surface area contributed by atoms with Gasteiger partial charge in [0.15, 0.2) is 0 Å². The number of allylic oxidation sites excluding steroid dienone is 2. The van der Waals surface area contributed by atoms with Crippen molar-refractivity contribution in [3.63, 3.8) is 0 Å². The fourth-order valence-electron chi connectivity index (χ4n) is 3.30. The summed E-state index contributed by atoms with van der Waals surface area (Å²) in [6.45, 7) is 5.19. The van der Waals surface area contributed by atoms with Gasteiger partial charge in [0.25, 0.3) is 0 Å². The van der Waals surface area contributed by atoms with Crippen molar-refractivity contribution in [3.8, 4) is 0 Å². The summed E-state index contributed by atoms with van der Waals surface area (Å²) in [5.74, 6) is 1.23. The largest absolute Gasteiger partial charge is 0.395 e. The van der Waals surface area contributed by atoms with Gasteiger partial charge in [-0.2, -0.15) is 0 Å². The van der Waals surface area contributed by atoms with E-state index in [1.807, 2.05) is 0 Å². The number of nitrogens with zero attached hydrogens (tertiary/aromatic N) is 2. The van der Waals surface area contributed by atoms with Gasteiger partial charge in [-0.3, -0.25) is 4.99 Å². The molecule has 3 nitrogen and oxygen atoms in total. The van der Waals surface area contributed by atoms with Gasteiger partial charge in [0.2, 0.25) is 0 Å². The molecular weight excluding hydrogens is 296 g/mol. The number of rotatable bonds is 16. The molecular formula is C21H40N2O. The van der Waals surface area contributed by atoms with E-state index in [0.29, 0.717) is 0 Å². The lowest BCUT2D eigenvalue weighted by Crippen LogP contribution is -2.30. The van der Waals surface area contributed by atoms with Gasteiger partial charge in [0.1, 0.15) is 0 Å². The monoisotopic (exact) mass is 336 g/mol. The summed E-state index contributed by atoms with van der Waals surface area (Å²) < 4.78 is 0. The zero-order valence-electron chi connectivity index (χ0n) is 16.0. The molecule has 0 fully saturated rings. The molecule has 0 aromatic heterocycles. The van der Waals surface area contributed by atoms with Crippen LogP contribution in [0.25, 0.3) is 0 Å². The Balaban J connectivity index is 1.84. The highest BCUT2D eigenvalue weighted by atomic mass is 16.3. The van der Waals surface area contributed by atoms with Crippen LogP contribution >= 0.6 is 0 Å². The molecule has 1 rings (SSSR count). The van der Waals surface area contributed by atoms with E-state index in [1.54, 1.807) is 0 Å². The Morgan fingerprint density at radius 2 is 1.54 bits per heavy atom. The van der Waals surface area contributed by atoms with E-state index in [0.717, 1.165) is 26.1 Å². The van der Waals surface area contributed by atoms with E-state index in [9.17, 15) is 0 Å². The Bertz CT molecular complexity index is 339. The molecule has 3 heteroatoms. The van der Waals surface area contributed by atoms with Gasteiger partial charge >= 0.3 is 0 Å². The zero-order chi connectivity index (χ0) is 17.3. The second-order valence-corrected chi connectivity index (χ2v) is 6.99. The van der Waals surface area contributed by atoms with Gasteiger partial charge in [-0.1, -0.05) is 64.0 Å². The van der Waals surface area contributed by atoms with E-state index >= 15 is 0 Å². The molecule has 1 heterocycles. The third-order valence-electron chi connectivity index (χ3n) is 4.81. The third kappa shape index (κ3) is 10.9. The highest BCUT2D eigenvalue weighted by Gasteiger charge is 2.14. The van der Waals surface area contributed by atoms with Crippen LogP contribution in [0.5, 0.6) is 0 Å². The first-order valence-corrected chi connectivity index (χ1v) is 10.4. The van der Waals surface area contributed by atoms with Crippen LogP contribution in [0.3, 0.4) is 0 Å². The molecule has 0 aliphatic carbocycles. The summed E-state index contributed by atoms with van der Waals surface area (Å²) in [6, 6.07) is 0. The van der Waals surface area contributed by atoms with Crippen molar-refractivity contribution in [2.75, 3.05) is 26.2 Å². The van der Waals surface area contributed by atoms with Crippen LogP contribution in [-0.4, -0.2) is 42.1 Å². The Labute approximate surface area is 150 Å². The van der Waals surface area contributed by atoms with E-state index in [2.05, 4.69) is 29.0 Å². The van der Waals surface area contributed by atoms with Gasteiger partial charge in [0, 0.05) is 19.5 Å². The molecule has 1 aliphatic heterocycles. The highest BCUT2D eigenvalue weighted by Crippen LogP contribution is 2.12. The van der Waals surface area contributed by atoms with E-state index < -0.39 is 0 Å². The predicted octanol–water partition coefficient (Wildman–Crippen LogP) is 5.34. The van der Waals surface area contributed by atoms with Crippen LogP contribution in [0, 0.1) is 0 Å². The number of unbranched alkanes of at least 4 members (excludes halogenated alkanes) is 10. The molecule has 0 atom stereocenters. The van der Waals surface area contributed by atoms with Crippen molar-refractivity contribution in [1.82, 2.24) is 4.90 Å². The molecule has 140 valence electrons. The van der Waals surface area contributed by atoms with Crippen molar-refractivity contribution < 1.29 is 5.11 Å². The molecule has 0 aromatic carbocycles. The average molecular weight is 337 g/mol. The molecule has 1 aliphatic rings. The molecule has 1 N–H and O–H groups in total. The average Bonchev–Trinajstić information content (AvgIpc) is 3.03. The van der Waals surface area contributed by atoms with Gasteiger partial charge in [-0.25, -0.2) is 0 Å². The summed E-state index contributed by atoms with van der Waals surface area (Å²) in [6.07, 6.45) is 21.9. The lowest BCUT2D eigenvalue weighted by Gasteiger charge is -2.18. The van der Waals surface area contributed by atoms with Crippen molar-refractivity contribution in [2.24, 2.45) is 4.99 Å². The number of amidine groups is 1. The van der Waals surface area contributed by atoms with E-state index in [4.69, 9.17) is 5.11 Å². The van der Waals surface area contributed by atoms with Crippen LogP contribution in [0.4, 0.5) is 0 Å². The van der Waals surface area contributed by atoms with E-state index in [1.165, 1.54) is 82.9 Å². The van der Waals surface area contributed by atoms with Crippen LogP contribution < -0.4 is 0 Å². The summed E-state index contributed by atoms with van der Waals surface area (Å²) >= 11 is 0. The van der Waals surface area contributed by atoms with Crippen LogP contribution in [0.15, 0.2) is 17.1 Å². The fourth-order valence-corrected chi connectivity index (χ4v) is 3.30. The van der Waals surface area contributed by atoms with E-state index in [-0.39, 0.29) is 6.61 Å². The Kier molecular flexibility index (Phi) is 13.9. The first kappa shape index (κ1) is 21.2. The van der Waals surface area contributed by atoms with Crippen molar-refractivity contribution in [1.29, 1.82) is 0 Å². The highest BCUT2D eigenvalue weighted by molar-refractivity contribution is 5.83. The molecule has 0 saturated carbocycles. The summed E-state index contributed by atoms with van der Waals surface area (Å²) in [7, 11) is 0. The van der Waals surface area contributed by atoms with Crippen LogP contribution in [0.1, 0.15) is 90.4 Å². The normalized spacial score (nSPS) is 14.8. The SMILES string of the molecule is CCCCCCC/C=C/CCCCCCCC1=NCCN1CCO. The maximum absolute atomic E-state index is 9.04. The van der Waals surface area contributed by atoms with Crippen LogP contribution in [0.2, 0.25) is 0 Å². The van der Waals surface area contributed by atoms with Crippen molar-refractivity contribution >= 4 is 5.84 Å². The lowest BCUT2D eigenvalue weighted by molar-refractivity contribution is 0.255. The number of aliphatic imine (C=N–C) groups is 1. The van der Waals surface area contributed by atoms with Crippen molar-refractivity contribution in [3.05, 3.63) is 12.2 Å². The smallest absolute Gasteiger partial charge is 0.0991 e. The molecule has 0 saturated heterocycles. The second-order valence-electron chi connectivity index (χ2n) is 6.99. The molecule has 0 bridgehead atoms. The standard InChI is InChI=1S/C21H40N2O/c1-2-3-4-5-6-7-8-9-10-11-12-13-14-15-16-21-22-17-18-23(21)19-20-24/h8-9,24H,2-7,10-20H2,1H3/b9-8+. The number of β-amino-alcohol motifs (C(OH)–C–C–N with tert-alkyl or cyclic N) is 1. The van der Waals surface area contributed by atoms with Crippen LogP contribution in [-0.2, 0) is 0 Å². The minimum absolute atomic E-state index is 0.241. The molecule has 0 unspecified atom stereocenters. The molecule has 0 radical (unpaired) electrons. The number of hydrogen-bond acceptors (Lipinski definition) is 3. The second kappa shape index (κ2) is 15.7. The Morgan fingerprint density at radius 3 is 2.21 bits per heavy atom. The van der Waals surface area contributed by atoms with Gasteiger partial charge < -0.3 is 10.0 Å². The molecule has 0 spiro atoms. The van der Waals surface area contributed by atoms with Gasteiger partial charge in [0.05, 0.1) is 19.0 Å². The quantitative estimate of drug-likeness (QED) is 0.305. The lowest BCUT2D eigenvalue weighted by atomic mass is 10.1. The minimum atomic E-state index is 0.241. The third-order valence-corrected chi connectivity index (χ3v) is 4.81. The maximum Gasteiger partial charge on any atom is 0.0991 e. The van der Waals surface area contributed by atoms with Crippen molar-refractivity contribution in [2.45, 2.75) is 90.4 Å². The summed E-state index contributed by atoms with van der Waals surface area (Å²) in [5.41, 5.74) is 0. The number of hydrogen-bond donors (Lipinski definition) is 1. The zero-order valence-corrected chi connectivity index (χ0v) is 16.0. The Hall–Kier alpha value is -0.830. The first-order valence-electron chi connectivity index (χ1n) is 10.4. The number of aliphatic hydroxyl groups excluding tert-OH is 1. The molecule has 0 amide bonds. The Morgan fingerprint density at radius 1 is 0.917 bits per heavy atom. The summed E-state index contributed by atoms with van der Waals surface area (Å²) in [5, 5.41) is 9.04. The van der Waals surface area contributed by atoms with Gasteiger partial charge in [-0.05, 0) is 32.1 Å². The van der Waals surface area contributed by atoms with Gasteiger partial charge in [-0.15, -0.1) is 0 Å². The molecule has 24 heavy (non-hydrogen) atoms. The topological polar surface area (TPSA) is 35.8 Å². The first-order chi connectivity index (χ1) is 11.9. The number of aliphatic hydroxyl groups is 1. The maximum atomic E-state index is 9.04. The fraction of sp³-hybridized carbons (Fsp3) is 0.857. The predicted molar refractivity (Wildman–Crippen MR) is 106 cm³/mol. The summed E-state index contributed by atoms with van der Waals surface area (Å²) in [4.78, 5) is 6.80. The molecule has 0 aromatic rings. The minimum Gasteiger partial charge on any atom is -0.395 e.